The molecule has 0 radical (unpaired) electrons. The molecule has 0 bridgehead atoms. The number of hydrogen-bond donors (Lipinski definition) is 0. The molecule has 0 amide bonds. The van der Waals surface area contributed by atoms with Crippen molar-refractivity contribution in [1.82, 2.24) is 9.91 Å². The number of fused-ring (bicyclic) bond motifs is 2. The normalized spacial score (nSPS) is 15.0. The fourth-order valence-corrected chi connectivity index (χ4v) is 2.92. The summed E-state index contributed by atoms with van der Waals surface area (Å²) in [6.45, 7) is 4.19. The lowest BCUT2D eigenvalue weighted by atomic mass is 10.1. The summed E-state index contributed by atoms with van der Waals surface area (Å²) < 4.78 is 19.1. The highest BCUT2D eigenvalue weighted by molar-refractivity contribution is 5.51. The molecule has 25 heavy (non-hydrogen) atoms. The van der Waals surface area contributed by atoms with Crippen molar-refractivity contribution in [3.8, 4) is 5.75 Å². The molecule has 0 fully saturated rings. The van der Waals surface area contributed by atoms with Crippen LogP contribution in [-0.4, -0.2) is 29.7 Å². The van der Waals surface area contributed by atoms with E-state index >= 15 is 0 Å². The van der Waals surface area contributed by atoms with Crippen molar-refractivity contribution in [2.75, 3.05) is 19.8 Å². The molecule has 0 atom stereocenters. The van der Waals surface area contributed by atoms with Gasteiger partial charge in [-0.2, -0.15) is 0 Å². The third-order valence-electron chi connectivity index (χ3n) is 4.35. The average molecular weight is 338 g/mol. The molecule has 0 saturated carbocycles. The number of ether oxygens (including phenoxy) is 1. The van der Waals surface area contributed by atoms with Gasteiger partial charge in [0.1, 0.15) is 11.6 Å². The highest BCUT2D eigenvalue weighted by Gasteiger charge is 2.13. The number of hydrogen-bond acceptors (Lipinski definition) is 5. The second-order valence-electron chi connectivity index (χ2n) is 6.12. The third kappa shape index (κ3) is 3.33. The molecule has 2 heterocycles. The Kier molecular flexibility index (Phi) is 4.09. The quantitative estimate of drug-likeness (QED) is 0.860. The van der Waals surface area contributed by atoms with Gasteiger partial charge in [-0.3, -0.25) is 5.01 Å². The topological polar surface area (TPSA) is 40.4 Å². The van der Waals surface area contributed by atoms with Crippen molar-refractivity contribution < 1.29 is 9.13 Å². The van der Waals surface area contributed by atoms with Crippen LogP contribution in [0, 0.1) is 5.82 Å². The number of halogens is 1. The molecule has 0 spiro atoms. The summed E-state index contributed by atoms with van der Waals surface area (Å²) in [5, 5.41) is 12.3. The van der Waals surface area contributed by atoms with Gasteiger partial charge in [0.15, 0.2) is 6.73 Å². The van der Waals surface area contributed by atoms with E-state index in [-0.39, 0.29) is 5.82 Å². The zero-order valence-electron chi connectivity index (χ0n) is 14.0. The summed E-state index contributed by atoms with van der Waals surface area (Å²) >= 11 is 0. The molecular weight excluding hydrogens is 319 g/mol. The fraction of sp³-hybridized carbons (Fsp3) is 0.263. The lowest BCUT2D eigenvalue weighted by Gasteiger charge is -2.24. The Morgan fingerprint density at radius 2 is 2.08 bits per heavy atom. The van der Waals surface area contributed by atoms with Crippen molar-refractivity contribution in [2.45, 2.75) is 13.3 Å². The van der Waals surface area contributed by atoms with Crippen molar-refractivity contribution in [1.29, 1.82) is 0 Å². The summed E-state index contributed by atoms with van der Waals surface area (Å²) in [6, 6.07) is 10.6. The Labute approximate surface area is 145 Å². The van der Waals surface area contributed by atoms with E-state index in [4.69, 9.17) is 4.74 Å². The first-order valence-corrected chi connectivity index (χ1v) is 8.38. The highest BCUT2D eigenvalue weighted by atomic mass is 19.1. The SMILES string of the molecule is CCN1C=c2cc3c(cc2OC1)=CN(CCc1cccc(F)c1)N=N3. The average Bonchev–Trinajstić information content (AvgIpc) is 2.64. The van der Waals surface area contributed by atoms with Crippen LogP contribution < -0.4 is 15.2 Å². The first-order valence-electron chi connectivity index (χ1n) is 8.38. The third-order valence-corrected chi connectivity index (χ3v) is 4.35. The predicted octanol–water partition coefficient (Wildman–Crippen LogP) is 2.53. The maximum Gasteiger partial charge on any atom is 0.161 e. The zero-order valence-corrected chi connectivity index (χ0v) is 14.0. The predicted molar refractivity (Wildman–Crippen MR) is 93.8 cm³/mol. The second kappa shape index (κ2) is 6.55. The van der Waals surface area contributed by atoms with Crippen LogP contribution in [0.1, 0.15) is 12.5 Å². The standard InChI is InChI=1S/C19H19FN4O/c1-2-23-11-16-9-18-15(10-19(16)25-13-23)12-24(22-21-18)7-6-14-4-3-5-17(20)8-14/h3-5,8-12H,2,6-7,13H2,1H3. The Hall–Kier alpha value is -2.89. The summed E-state index contributed by atoms with van der Waals surface area (Å²) in [6.07, 6.45) is 4.74. The van der Waals surface area contributed by atoms with Crippen LogP contribution >= 0.6 is 0 Å². The van der Waals surface area contributed by atoms with Crippen molar-refractivity contribution in [3.05, 3.63) is 58.2 Å². The van der Waals surface area contributed by atoms with Gasteiger partial charge < -0.3 is 9.64 Å². The van der Waals surface area contributed by atoms with Crippen LogP contribution in [0.25, 0.3) is 12.4 Å². The smallest absolute Gasteiger partial charge is 0.161 e. The van der Waals surface area contributed by atoms with Gasteiger partial charge in [0.05, 0.1) is 5.69 Å². The van der Waals surface area contributed by atoms with Crippen LogP contribution in [0.3, 0.4) is 0 Å². The van der Waals surface area contributed by atoms with E-state index in [1.165, 1.54) is 6.07 Å². The van der Waals surface area contributed by atoms with E-state index in [0.29, 0.717) is 19.7 Å². The van der Waals surface area contributed by atoms with Crippen LogP contribution in [0.5, 0.6) is 5.75 Å². The van der Waals surface area contributed by atoms with Crippen molar-refractivity contribution >= 4 is 18.1 Å². The lowest BCUT2D eigenvalue weighted by Crippen LogP contribution is -2.32. The number of rotatable bonds is 4. The molecular formula is C19H19FN4O. The maximum atomic E-state index is 13.3. The lowest BCUT2D eigenvalue weighted by molar-refractivity contribution is 0.181. The van der Waals surface area contributed by atoms with Crippen LogP contribution in [0.2, 0.25) is 0 Å². The first-order chi connectivity index (χ1) is 12.2. The molecule has 4 rings (SSSR count). The number of nitrogens with zero attached hydrogens (tertiary/aromatic N) is 4. The van der Waals surface area contributed by atoms with Crippen molar-refractivity contribution in [3.63, 3.8) is 0 Å². The molecule has 0 saturated heterocycles. The second-order valence-corrected chi connectivity index (χ2v) is 6.12. The molecule has 0 unspecified atom stereocenters. The molecule has 6 heteroatoms. The molecule has 2 aromatic rings. The molecule has 2 aromatic carbocycles. The molecule has 128 valence electrons. The Morgan fingerprint density at radius 3 is 2.92 bits per heavy atom. The van der Waals surface area contributed by atoms with Gasteiger partial charge in [-0.25, -0.2) is 4.39 Å². The van der Waals surface area contributed by atoms with Gasteiger partial charge in [-0.05, 0) is 43.2 Å². The Balaban J connectivity index is 1.56. The molecule has 2 aliphatic rings. The van der Waals surface area contributed by atoms with Crippen molar-refractivity contribution in [2.24, 2.45) is 10.3 Å². The summed E-state index contributed by atoms with van der Waals surface area (Å²) in [5.41, 5.74) is 1.77. The van der Waals surface area contributed by atoms with Gasteiger partial charge in [0.2, 0.25) is 0 Å². The zero-order chi connectivity index (χ0) is 17.2. The molecule has 2 aliphatic heterocycles. The Bertz CT molecular complexity index is 941. The minimum atomic E-state index is -0.215. The first kappa shape index (κ1) is 15.6. The molecule has 0 aromatic heterocycles. The Morgan fingerprint density at radius 1 is 1.16 bits per heavy atom. The summed E-state index contributed by atoms with van der Waals surface area (Å²) in [7, 11) is 0. The minimum Gasteiger partial charge on any atom is -0.472 e. The van der Waals surface area contributed by atoms with E-state index in [2.05, 4.69) is 28.4 Å². The monoisotopic (exact) mass is 338 g/mol. The van der Waals surface area contributed by atoms with Crippen LogP contribution in [0.4, 0.5) is 10.1 Å². The molecule has 0 N–H and O–H groups in total. The minimum absolute atomic E-state index is 0.215. The van der Waals surface area contributed by atoms with E-state index in [1.54, 1.807) is 17.1 Å². The van der Waals surface area contributed by atoms with Gasteiger partial charge in [-0.1, -0.05) is 17.4 Å². The molecule has 0 aliphatic carbocycles. The highest BCUT2D eigenvalue weighted by Crippen LogP contribution is 2.16. The van der Waals surface area contributed by atoms with Gasteiger partial charge in [0.25, 0.3) is 0 Å². The van der Waals surface area contributed by atoms with E-state index < -0.39 is 0 Å². The van der Waals surface area contributed by atoms with E-state index in [1.807, 2.05) is 24.4 Å². The van der Waals surface area contributed by atoms with Crippen LogP contribution in [-0.2, 0) is 6.42 Å². The van der Waals surface area contributed by atoms with Gasteiger partial charge in [-0.15, -0.1) is 5.11 Å². The summed E-state index contributed by atoms with van der Waals surface area (Å²) in [5.74, 6) is 0.648. The maximum absolute atomic E-state index is 13.3. The summed E-state index contributed by atoms with van der Waals surface area (Å²) in [4.78, 5) is 2.10. The van der Waals surface area contributed by atoms with Gasteiger partial charge >= 0.3 is 0 Å². The van der Waals surface area contributed by atoms with Gasteiger partial charge in [0, 0.05) is 35.9 Å². The largest absolute Gasteiger partial charge is 0.472 e. The van der Waals surface area contributed by atoms with E-state index in [0.717, 1.165) is 34.0 Å². The van der Waals surface area contributed by atoms with E-state index in [9.17, 15) is 4.39 Å². The molecule has 5 nitrogen and oxygen atoms in total. The fourth-order valence-electron chi connectivity index (χ4n) is 2.92. The van der Waals surface area contributed by atoms with Crippen LogP contribution in [0.15, 0.2) is 46.7 Å². The number of benzene rings is 2.